The Morgan fingerprint density at radius 3 is 2.78 bits per heavy atom. The minimum atomic E-state index is -0.514. The number of carbonyl (C=O) groups is 1. The van der Waals surface area contributed by atoms with E-state index in [9.17, 15) is 4.79 Å². The van der Waals surface area contributed by atoms with Crippen molar-refractivity contribution < 1.29 is 9.53 Å². The lowest BCUT2D eigenvalue weighted by atomic mass is 10.0. The number of fused-ring (bicyclic) bond motifs is 2. The van der Waals surface area contributed by atoms with Gasteiger partial charge in [0.1, 0.15) is 10.8 Å². The summed E-state index contributed by atoms with van der Waals surface area (Å²) in [4.78, 5) is 18.5. The molecule has 27 heavy (non-hydrogen) atoms. The summed E-state index contributed by atoms with van der Waals surface area (Å²) in [6.07, 6.45) is 2.29. The summed E-state index contributed by atoms with van der Waals surface area (Å²) in [5.41, 5.74) is 4.79. The van der Waals surface area contributed by atoms with Crippen LogP contribution in [0.15, 0.2) is 36.5 Å². The fourth-order valence-electron chi connectivity index (χ4n) is 3.65. The molecule has 6 heteroatoms. The largest absolute Gasteiger partial charge is 0.443 e. The number of carbonyl (C=O) groups excluding carboxylic acids is 1. The standard InChI is InChI=1S/C21H22ClN3O2/c1-21(2,3)27-20(26)25-9-8-15-14(6-5-7-16(15)25)17-10-13-11-19(22)23-12-18(13)24(17)4/h5-7,10-12H,8-9H2,1-4H3. The van der Waals surface area contributed by atoms with Crippen molar-refractivity contribution in [2.24, 2.45) is 7.05 Å². The number of hydrogen-bond donors (Lipinski definition) is 0. The molecule has 3 heterocycles. The highest BCUT2D eigenvalue weighted by molar-refractivity contribution is 6.30. The predicted octanol–water partition coefficient (Wildman–Crippen LogP) is 5.19. The molecule has 0 aliphatic carbocycles. The number of benzene rings is 1. The van der Waals surface area contributed by atoms with Gasteiger partial charge < -0.3 is 9.30 Å². The molecule has 1 aliphatic heterocycles. The van der Waals surface area contributed by atoms with Gasteiger partial charge in [-0.05, 0) is 51.0 Å². The van der Waals surface area contributed by atoms with Gasteiger partial charge in [-0.15, -0.1) is 0 Å². The smallest absolute Gasteiger partial charge is 0.414 e. The van der Waals surface area contributed by atoms with Crippen molar-refractivity contribution in [1.29, 1.82) is 0 Å². The summed E-state index contributed by atoms with van der Waals surface area (Å²) in [5, 5.41) is 1.53. The molecule has 1 aromatic carbocycles. The zero-order valence-electron chi connectivity index (χ0n) is 15.9. The Morgan fingerprint density at radius 2 is 2.04 bits per heavy atom. The monoisotopic (exact) mass is 383 g/mol. The van der Waals surface area contributed by atoms with E-state index in [1.54, 1.807) is 11.1 Å². The van der Waals surface area contributed by atoms with Gasteiger partial charge in [-0.25, -0.2) is 9.78 Å². The lowest BCUT2D eigenvalue weighted by Gasteiger charge is -2.25. The van der Waals surface area contributed by atoms with Crippen LogP contribution in [0.25, 0.3) is 22.2 Å². The van der Waals surface area contributed by atoms with Crippen molar-refractivity contribution in [2.75, 3.05) is 11.4 Å². The van der Waals surface area contributed by atoms with Crippen LogP contribution in [-0.4, -0.2) is 27.8 Å². The van der Waals surface area contributed by atoms with E-state index in [0.717, 1.165) is 39.8 Å². The molecule has 1 amide bonds. The minimum Gasteiger partial charge on any atom is -0.443 e. The number of halogens is 1. The summed E-state index contributed by atoms with van der Waals surface area (Å²) in [5.74, 6) is 0. The van der Waals surface area contributed by atoms with Crippen molar-refractivity contribution in [1.82, 2.24) is 9.55 Å². The normalized spacial score (nSPS) is 13.9. The number of hydrogen-bond acceptors (Lipinski definition) is 3. The molecule has 3 aromatic rings. The third kappa shape index (κ3) is 3.16. The number of pyridine rings is 1. The first-order valence-corrected chi connectivity index (χ1v) is 9.36. The number of rotatable bonds is 1. The first-order valence-electron chi connectivity index (χ1n) is 8.98. The third-order valence-electron chi connectivity index (χ3n) is 4.81. The second kappa shape index (κ2) is 6.27. The first-order chi connectivity index (χ1) is 12.7. The Balaban J connectivity index is 1.78. The van der Waals surface area contributed by atoms with Crippen LogP contribution >= 0.6 is 11.6 Å². The van der Waals surface area contributed by atoms with Crippen molar-refractivity contribution in [3.8, 4) is 11.3 Å². The van der Waals surface area contributed by atoms with E-state index in [4.69, 9.17) is 16.3 Å². The van der Waals surface area contributed by atoms with E-state index in [1.165, 1.54) is 0 Å². The van der Waals surface area contributed by atoms with Gasteiger partial charge in [0.15, 0.2) is 0 Å². The number of aryl methyl sites for hydroxylation is 1. The van der Waals surface area contributed by atoms with Gasteiger partial charge in [0.2, 0.25) is 0 Å². The fourth-order valence-corrected chi connectivity index (χ4v) is 3.81. The van der Waals surface area contributed by atoms with E-state index in [-0.39, 0.29) is 6.09 Å². The minimum absolute atomic E-state index is 0.300. The van der Waals surface area contributed by atoms with Gasteiger partial charge in [0.25, 0.3) is 0 Å². The van der Waals surface area contributed by atoms with Crippen LogP contribution in [0.1, 0.15) is 26.3 Å². The highest BCUT2D eigenvalue weighted by Crippen LogP contribution is 2.38. The molecule has 0 saturated carbocycles. The quantitative estimate of drug-likeness (QED) is 0.543. The van der Waals surface area contributed by atoms with Crippen LogP contribution in [-0.2, 0) is 18.2 Å². The van der Waals surface area contributed by atoms with Gasteiger partial charge in [-0.2, -0.15) is 0 Å². The Labute approximate surface area is 163 Å². The van der Waals surface area contributed by atoms with E-state index < -0.39 is 5.60 Å². The van der Waals surface area contributed by atoms with E-state index in [1.807, 2.05) is 46.0 Å². The molecule has 0 fully saturated rings. The molecule has 0 unspecified atom stereocenters. The SMILES string of the molecule is Cn1c(-c2cccc3c2CCN3C(=O)OC(C)(C)C)cc2cc(Cl)ncc21. The van der Waals surface area contributed by atoms with Crippen molar-refractivity contribution in [2.45, 2.75) is 32.8 Å². The molecule has 0 N–H and O–H groups in total. The number of amides is 1. The molecular weight excluding hydrogens is 362 g/mol. The Hall–Kier alpha value is -2.53. The van der Waals surface area contributed by atoms with E-state index >= 15 is 0 Å². The van der Waals surface area contributed by atoms with Gasteiger partial charge in [-0.1, -0.05) is 23.7 Å². The van der Waals surface area contributed by atoms with Crippen LogP contribution in [0.4, 0.5) is 10.5 Å². The molecule has 4 rings (SSSR count). The van der Waals surface area contributed by atoms with Crippen LogP contribution in [0, 0.1) is 0 Å². The van der Waals surface area contributed by atoms with Gasteiger partial charge in [-0.3, -0.25) is 4.90 Å². The molecular formula is C21H22ClN3O2. The third-order valence-corrected chi connectivity index (χ3v) is 5.02. The molecule has 140 valence electrons. The molecule has 0 spiro atoms. The average molecular weight is 384 g/mol. The van der Waals surface area contributed by atoms with Crippen molar-refractivity contribution in [3.63, 3.8) is 0 Å². The van der Waals surface area contributed by atoms with Gasteiger partial charge in [0.05, 0.1) is 17.4 Å². The van der Waals surface area contributed by atoms with Crippen molar-refractivity contribution >= 4 is 34.3 Å². The Kier molecular flexibility index (Phi) is 4.15. The second-order valence-corrected chi connectivity index (χ2v) is 8.23. The van der Waals surface area contributed by atoms with E-state index in [2.05, 4.69) is 21.7 Å². The van der Waals surface area contributed by atoms with Gasteiger partial charge in [0, 0.05) is 30.2 Å². The highest BCUT2D eigenvalue weighted by Gasteiger charge is 2.30. The Bertz CT molecular complexity index is 1050. The van der Waals surface area contributed by atoms with E-state index in [0.29, 0.717) is 11.7 Å². The summed E-state index contributed by atoms with van der Waals surface area (Å²) < 4.78 is 7.68. The molecule has 0 saturated heterocycles. The maximum Gasteiger partial charge on any atom is 0.414 e. The second-order valence-electron chi connectivity index (χ2n) is 7.84. The highest BCUT2D eigenvalue weighted by atomic mass is 35.5. The topological polar surface area (TPSA) is 47.4 Å². The lowest BCUT2D eigenvalue weighted by Crippen LogP contribution is -2.35. The summed E-state index contributed by atoms with van der Waals surface area (Å²) in [6, 6.07) is 10.1. The van der Waals surface area contributed by atoms with Gasteiger partial charge >= 0.3 is 6.09 Å². The summed E-state index contributed by atoms with van der Waals surface area (Å²) in [6.45, 7) is 6.27. The molecule has 0 bridgehead atoms. The predicted molar refractivity (Wildman–Crippen MR) is 108 cm³/mol. The molecule has 5 nitrogen and oxygen atoms in total. The number of aromatic nitrogens is 2. The molecule has 2 aromatic heterocycles. The zero-order valence-corrected chi connectivity index (χ0v) is 16.7. The molecule has 1 aliphatic rings. The average Bonchev–Trinajstić information content (AvgIpc) is 3.14. The Morgan fingerprint density at radius 1 is 1.26 bits per heavy atom. The first kappa shape index (κ1) is 17.9. The maximum absolute atomic E-state index is 12.6. The number of ether oxygens (including phenoxy) is 1. The zero-order chi connectivity index (χ0) is 19.3. The maximum atomic E-state index is 12.6. The fraction of sp³-hybridized carbons (Fsp3) is 0.333. The van der Waals surface area contributed by atoms with Crippen molar-refractivity contribution in [3.05, 3.63) is 47.2 Å². The number of anilines is 1. The van der Waals surface area contributed by atoms with Crippen LogP contribution in [0.5, 0.6) is 0 Å². The number of nitrogens with zero attached hydrogens (tertiary/aromatic N) is 3. The van der Waals surface area contributed by atoms with Crippen LogP contribution in [0.3, 0.4) is 0 Å². The molecule has 0 radical (unpaired) electrons. The molecule has 0 atom stereocenters. The van der Waals surface area contributed by atoms with Crippen LogP contribution in [0.2, 0.25) is 5.15 Å². The lowest BCUT2D eigenvalue weighted by molar-refractivity contribution is 0.0584. The van der Waals surface area contributed by atoms with Crippen LogP contribution < -0.4 is 4.90 Å². The summed E-state index contributed by atoms with van der Waals surface area (Å²) in [7, 11) is 2.02. The summed E-state index contributed by atoms with van der Waals surface area (Å²) >= 11 is 6.05.